The number of aromatic hydroxyl groups is 1. The van der Waals surface area contributed by atoms with Gasteiger partial charge in [0.25, 0.3) is 0 Å². The first-order valence-electron chi connectivity index (χ1n) is 5.38. The number of aromatic nitrogens is 2. The Morgan fingerprint density at radius 2 is 2.11 bits per heavy atom. The van der Waals surface area contributed by atoms with Gasteiger partial charge in [-0.2, -0.15) is 0 Å². The maximum absolute atomic E-state index is 10.9. The zero-order chi connectivity index (χ0) is 13.7. The van der Waals surface area contributed by atoms with Crippen molar-refractivity contribution >= 4 is 17.0 Å². The number of ether oxygens (including phenoxy) is 1. The van der Waals surface area contributed by atoms with Crippen LogP contribution in [0, 0.1) is 0 Å². The number of imidazole rings is 1. The molecule has 0 unspecified atom stereocenters. The number of fused-ring (bicyclic) bond motifs is 1. The molecule has 0 aliphatic heterocycles. The Bertz CT molecular complexity index is 546. The van der Waals surface area contributed by atoms with Gasteiger partial charge in [-0.1, -0.05) is 0 Å². The Morgan fingerprint density at radius 1 is 1.50 bits per heavy atom. The van der Waals surface area contributed by atoms with E-state index in [9.17, 15) is 9.90 Å². The van der Waals surface area contributed by atoms with E-state index in [0.29, 0.717) is 11.0 Å². The van der Waals surface area contributed by atoms with E-state index in [2.05, 4.69) is 9.72 Å². The lowest BCUT2D eigenvalue weighted by Gasteiger charge is -2.02. The summed E-state index contributed by atoms with van der Waals surface area (Å²) >= 11 is 0. The summed E-state index contributed by atoms with van der Waals surface area (Å²) in [6, 6.07) is 2.91. The van der Waals surface area contributed by atoms with Gasteiger partial charge in [-0.15, -0.1) is 0 Å². The molecular weight excluding hydrogens is 236 g/mol. The van der Waals surface area contributed by atoms with Crippen LogP contribution in [0.2, 0.25) is 0 Å². The number of methoxy groups -OCH3 is 1. The van der Waals surface area contributed by atoms with Gasteiger partial charge in [0.2, 0.25) is 0 Å². The first-order chi connectivity index (χ1) is 8.52. The molecule has 18 heavy (non-hydrogen) atoms. The molecule has 6 heteroatoms. The van der Waals surface area contributed by atoms with E-state index in [1.807, 2.05) is 6.92 Å². The standard InChI is InChI=1S/C9H8N2O3.C3H8O/c1-11-4-10-5-2-3-6(12)7(8(5)11)9(13)14;1-3-4-2/h2-4,12H,1H3,(H,13,14);3H2,1-2H3. The predicted octanol–water partition coefficient (Wildman–Crippen LogP) is 1.63. The fraction of sp³-hybridized carbons (Fsp3) is 0.333. The molecule has 0 atom stereocenters. The lowest BCUT2D eigenvalue weighted by Crippen LogP contribution is -2.00. The second kappa shape index (κ2) is 6.02. The van der Waals surface area contributed by atoms with Crippen LogP contribution in [0.25, 0.3) is 11.0 Å². The first kappa shape index (κ1) is 14.0. The molecule has 1 aromatic carbocycles. The maximum atomic E-state index is 10.9. The Morgan fingerprint density at radius 3 is 2.61 bits per heavy atom. The Balaban J connectivity index is 0.000000357. The number of carboxylic acids is 1. The van der Waals surface area contributed by atoms with Crippen molar-refractivity contribution in [3.63, 3.8) is 0 Å². The summed E-state index contributed by atoms with van der Waals surface area (Å²) in [7, 11) is 3.36. The number of phenols is 1. The number of aryl methyl sites for hydroxylation is 1. The Labute approximate surface area is 104 Å². The van der Waals surface area contributed by atoms with Crippen molar-refractivity contribution in [2.75, 3.05) is 13.7 Å². The summed E-state index contributed by atoms with van der Waals surface area (Å²) in [6.07, 6.45) is 1.51. The molecule has 2 aromatic rings. The van der Waals surface area contributed by atoms with E-state index in [-0.39, 0.29) is 11.3 Å². The zero-order valence-electron chi connectivity index (χ0n) is 10.5. The number of hydrogen-bond donors (Lipinski definition) is 2. The van der Waals surface area contributed by atoms with Crippen molar-refractivity contribution in [1.29, 1.82) is 0 Å². The number of carbonyl (C=O) groups is 1. The van der Waals surface area contributed by atoms with Crippen LogP contribution in [0.3, 0.4) is 0 Å². The van der Waals surface area contributed by atoms with E-state index in [0.717, 1.165) is 6.61 Å². The third kappa shape index (κ3) is 2.78. The summed E-state index contributed by atoms with van der Waals surface area (Å²) in [6.45, 7) is 2.78. The fourth-order valence-electron chi connectivity index (χ4n) is 1.45. The quantitative estimate of drug-likeness (QED) is 0.848. The fourth-order valence-corrected chi connectivity index (χ4v) is 1.45. The van der Waals surface area contributed by atoms with Crippen LogP contribution in [0.15, 0.2) is 18.5 Å². The minimum absolute atomic E-state index is 0.109. The minimum Gasteiger partial charge on any atom is -0.507 e. The number of aromatic carboxylic acids is 1. The molecule has 0 bridgehead atoms. The van der Waals surface area contributed by atoms with Gasteiger partial charge in [0, 0.05) is 20.8 Å². The van der Waals surface area contributed by atoms with Gasteiger partial charge in [-0.05, 0) is 19.1 Å². The van der Waals surface area contributed by atoms with Crippen LogP contribution >= 0.6 is 0 Å². The van der Waals surface area contributed by atoms with Crippen molar-refractivity contribution in [3.8, 4) is 5.75 Å². The topological polar surface area (TPSA) is 84.6 Å². The third-order valence-corrected chi connectivity index (χ3v) is 2.36. The number of carboxylic acid groups (broad SMARTS) is 1. The van der Waals surface area contributed by atoms with Gasteiger partial charge in [-0.25, -0.2) is 9.78 Å². The maximum Gasteiger partial charge on any atom is 0.341 e. The van der Waals surface area contributed by atoms with Gasteiger partial charge >= 0.3 is 5.97 Å². The van der Waals surface area contributed by atoms with Gasteiger partial charge in [-0.3, -0.25) is 0 Å². The molecule has 0 spiro atoms. The lowest BCUT2D eigenvalue weighted by molar-refractivity contribution is 0.0695. The van der Waals surface area contributed by atoms with Gasteiger partial charge < -0.3 is 19.5 Å². The number of benzene rings is 1. The van der Waals surface area contributed by atoms with Crippen molar-refractivity contribution in [1.82, 2.24) is 9.55 Å². The highest BCUT2D eigenvalue weighted by atomic mass is 16.5. The molecule has 98 valence electrons. The van der Waals surface area contributed by atoms with Crippen molar-refractivity contribution in [3.05, 3.63) is 24.0 Å². The molecule has 0 aliphatic rings. The largest absolute Gasteiger partial charge is 0.507 e. The monoisotopic (exact) mass is 252 g/mol. The number of rotatable bonds is 2. The van der Waals surface area contributed by atoms with Crippen LogP contribution in [-0.2, 0) is 11.8 Å². The number of nitrogens with zero attached hydrogens (tertiary/aromatic N) is 2. The average molecular weight is 252 g/mol. The van der Waals surface area contributed by atoms with Crippen molar-refractivity contribution < 1.29 is 19.7 Å². The van der Waals surface area contributed by atoms with Crippen molar-refractivity contribution in [2.45, 2.75) is 6.92 Å². The average Bonchev–Trinajstić information content (AvgIpc) is 2.71. The van der Waals surface area contributed by atoms with E-state index in [1.165, 1.54) is 12.4 Å². The highest BCUT2D eigenvalue weighted by molar-refractivity contribution is 6.03. The van der Waals surface area contributed by atoms with E-state index >= 15 is 0 Å². The molecule has 0 fully saturated rings. The smallest absolute Gasteiger partial charge is 0.341 e. The van der Waals surface area contributed by atoms with Crippen LogP contribution < -0.4 is 0 Å². The summed E-state index contributed by atoms with van der Waals surface area (Å²) in [5.41, 5.74) is 0.878. The summed E-state index contributed by atoms with van der Waals surface area (Å²) < 4.78 is 6.11. The Kier molecular flexibility index (Phi) is 4.67. The van der Waals surface area contributed by atoms with Gasteiger partial charge in [0.05, 0.1) is 17.4 Å². The minimum atomic E-state index is -1.16. The normalized spacial score (nSPS) is 9.94. The summed E-state index contributed by atoms with van der Waals surface area (Å²) in [5.74, 6) is -1.40. The van der Waals surface area contributed by atoms with E-state index in [4.69, 9.17) is 5.11 Å². The SMILES string of the molecule is CCOC.Cn1cnc2ccc(O)c(C(=O)O)c21. The van der Waals surface area contributed by atoms with Gasteiger partial charge in [0.15, 0.2) is 0 Å². The molecule has 6 nitrogen and oxygen atoms in total. The molecule has 0 aliphatic carbocycles. The van der Waals surface area contributed by atoms with Crippen molar-refractivity contribution in [2.24, 2.45) is 7.05 Å². The first-order valence-corrected chi connectivity index (χ1v) is 5.38. The van der Waals surface area contributed by atoms with Crippen LogP contribution in [0.5, 0.6) is 5.75 Å². The van der Waals surface area contributed by atoms with Crippen LogP contribution in [0.1, 0.15) is 17.3 Å². The molecule has 0 amide bonds. The van der Waals surface area contributed by atoms with E-state index < -0.39 is 5.97 Å². The molecule has 0 saturated heterocycles. The van der Waals surface area contributed by atoms with Crippen LogP contribution in [0.4, 0.5) is 0 Å². The molecule has 0 radical (unpaired) electrons. The Hall–Kier alpha value is -2.08. The predicted molar refractivity (Wildman–Crippen MR) is 66.9 cm³/mol. The molecule has 1 heterocycles. The summed E-state index contributed by atoms with van der Waals surface area (Å²) in [4.78, 5) is 14.9. The molecule has 2 N–H and O–H groups in total. The lowest BCUT2D eigenvalue weighted by atomic mass is 10.1. The summed E-state index contributed by atoms with van der Waals surface area (Å²) in [5, 5.41) is 18.3. The molecule has 0 saturated carbocycles. The third-order valence-electron chi connectivity index (χ3n) is 2.36. The molecule has 2 rings (SSSR count). The molecular formula is C12H16N2O4. The van der Waals surface area contributed by atoms with E-state index in [1.54, 1.807) is 24.8 Å². The van der Waals surface area contributed by atoms with Gasteiger partial charge in [0.1, 0.15) is 11.3 Å². The highest BCUT2D eigenvalue weighted by Gasteiger charge is 2.16. The number of hydrogen-bond acceptors (Lipinski definition) is 4. The second-order valence-corrected chi connectivity index (χ2v) is 3.57. The highest BCUT2D eigenvalue weighted by Crippen LogP contribution is 2.25. The second-order valence-electron chi connectivity index (χ2n) is 3.57. The zero-order valence-corrected chi connectivity index (χ0v) is 10.5. The van der Waals surface area contributed by atoms with Crippen LogP contribution in [-0.4, -0.2) is 39.5 Å². The molecule has 1 aromatic heterocycles.